The van der Waals surface area contributed by atoms with E-state index in [-0.39, 0.29) is 21.9 Å². The van der Waals surface area contributed by atoms with Gasteiger partial charge in [-0.05, 0) is 18.9 Å². The first-order valence-corrected chi connectivity index (χ1v) is 9.14. The summed E-state index contributed by atoms with van der Waals surface area (Å²) in [5, 5.41) is -0.549. The van der Waals surface area contributed by atoms with Gasteiger partial charge < -0.3 is 10.5 Å². The number of ether oxygens (including phenoxy) is 1. The Labute approximate surface area is 132 Å². The van der Waals surface area contributed by atoms with E-state index in [4.69, 9.17) is 10.5 Å². The van der Waals surface area contributed by atoms with Crippen molar-refractivity contribution in [2.24, 2.45) is 0 Å². The van der Waals surface area contributed by atoms with Crippen LogP contribution in [0.1, 0.15) is 37.7 Å². The molecule has 1 aromatic rings. The van der Waals surface area contributed by atoms with Crippen LogP contribution in [0.5, 0.6) is 5.75 Å². The number of hydrogen-bond donors (Lipinski definition) is 1. The number of rotatable bonds is 2. The van der Waals surface area contributed by atoms with Crippen LogP contribution < -0.4 is 10.5 Å². The molecule has 1 saturated carbocycles. The van der Waals surface area contributed by atoms with Crippen molar-refractivity contribution < 1.29 is 26.3 Å². The number of halogens is 3. The normalized spacial score (nSPS) is 22.7. The lowest BCUT2D eigenvalue weighted by Crippen LogP contribution is -2.32. The molecule has 1 aliphatic heterocycles. The Kier molecular flexibility index (Phi) is 3.98. The Morgan fingerprint density at radius 3 is 2.39 bits per heavy atom. The fourth-order valence-corrected chi connectivity index (χ4v) is 5.46. The second kappa shape index (κ2) is 5.58. The van der Waals surface area contributed by atoms with E-state index in [1.54, 1.807) is 0 Å². The zero-order valence-electron chi connectivity index (χ0n) is 12.4. The van der Waals surface area contributed by atoms with Gasteiger partial charge in [0.2, 0.25) is 0 Å². The second-order valence-corrected chi connectivity index (χ2v) is 8.35. The quantitative estimate of drug-likeness (QED) is 0.832. The molecule has 23 heavy (non-hydrogen) atoms. The van der Waals surface area contributed by atoms with Crippen molar-refractivity contribution in [1.29, 1.82) is 0 Å². The van der Waals surface area contributed by atoms with Crippen LogP contribution in [-0.4, -0.2) is 25.9 Å². The summed E-state index contributed by atoms with van der Waals surface area (Å²) in [5.41, 5.74) is 5.89. The summed E-state index contributed by atoms with van der Waals surface area (Å²) in [5.74, 6) is -0.0679. The van der Waals surface area contributed by atoms with Crippen LogP contribution in [0.2, 0.25) is 0 Å². The SMILES string of the molecule is Nc1cc2c(c(S(=O)(=O)C3CCCCC3)c1)CC(C(F)(F)F)O2. The molecule has 0 amide bonds. The second-order valence-electron chi connectivity index (χ2n) is 6.15. The highest BCUT2D eigenvalue weighted by Crippen LogP contribution is 2.42. The lowest BCUT2D eigenvalue weighted by molar-refractivity contribution is -0.189. The van der Waals surface area contributed by atoms with Crippen molar-refractivity contribution in [3.8, 4) is 5.75 Å². The molecule has 1 aliphatic carbocycles. The summed E-state index contributed by atoms with van der Waals surface area (Å²) in [4.78, 5) is -0.0915. The van der Waals surface area contributed by atoms with Gasteiger partial charge in [0.15, 0.2) is 15.9 Å². The van der Waals surface area contributed by atoms with Crippen molar-refractivity contribution in [3.05, 3.63) is 17.7 Å². The van der Waals surface area contributed by atoms with Gasteiger partial charge in [-0.1, -0.05) is 19.3 Å². The van der Waals surface area contributed by atoms with Crippen LogP contribution in [0.4, 0.5) is 18.9 Å². The number of alkyl halides is 3. The molecule has 0 spiro atoms. The number of nitrogen functional groups attached to an aromatic ring is 1. The average molecular weight is 349 g/mol. The molecule has 0 radical (unpaired) electrons. The Balaban J connectivity index is 2.02. The van der Waals surface area contributed by atoms with Gasteiger partial charge in [0, 0.05) is 23.7 Å². The number of anilines is 1. The van der Waals surface area contributed by atoms with Gasteiger partial charge in [0.05, 0.1) is 10.1 Å². The standard InChI is InChI=1S/C15H18F3NO3S/c16-15(17,18)14-8-11-12(22-14)6-9(19)7-13(11)23(20,21)10-4-2-1-3-5-10/h6-7,10,14H,1-5,8,19H2. The molecule has 1 fully saturated rings. The fourth-order valence-electron chi connectivity index (χ4n) is 3.32. The van der Waals surface area contributed by atoms with Crippen LogP contribution in [0, 0.1) is 0 Å². The van der Waals surface area contributed by atoms with E-state index in [9.17, 15) is 21.6 Å². The van der Waals surface area contributed by atoms with Crippen LogP contribution in [0.3, 0.4) is 0 Å². The maximum absolute atomic E-state index is 12.9. The van der Waals surface area contributed by atoms with E-state index in [1.165, 1.54) is 12.1 Å². The van der Waals surface area contributed by atoms with Gasteiger partial charge >= 0.3 is 6.18 Å². The van der Waals surface area contributed by atoms with E-state index < -0.39 is 33.8 Å². The number of benzene rings is 1. The zero-order chi connectivity index (χ0) is 16.8. The minimum Gasteiger partial charge on any atom is -0.480 e. The van der Waals surface area contributed by atoms with E-state index in [0.29, 0.717) is 12.8 Å². The smallest absolute Gasteiger partial charge is 0.425 e. The van der Waals surface area contributed by atoms with Crippen molar-refractivity contribution >= 4 is 15.5 Å². The molecule has 128 valence electrons. The molecule has 0 aromatic heterocycles. The number of nitrogens with two attached hydrogens (primary N) is 1. The van der Waals surface area contributed by atoms with Crippen LogP contribution in [0.25, 0.3) is 0 Å². The molecule has 1 aromatic carbocycles. The van der Waals surface area contributed by atoms with E-state index >= 15 is 0 Å². The number of hydrogen-bond acceptors (Lipinski definition) is 4. The maximum atomic E-state index is 12.9. The Morgan fingerprint density at radius 1 is 1.13 bits per heavy atom. The molecule has 1 heterocycles. The summed E-state index contributed by atoms with van der Waals surface area (Å²) >= 11 is 0. The number of sulfone groups is 1. The van der Waals surface area contributed by atoms with Crippen molar-refractivity contribution in [2.75, 3.05) is 5.73 Å². The number of fused-ring (bicyclic) bond motifs is 1. The minimum atomic E-state index is -4.54. The van der Waals surface area contributed by atoms with Crippen LogP contribution >= 0.6 is 0 Å². The lowest BCUT2D eigenvalue weighted by atomic mass is 10.0. The van der Waals surface area contributed by atoms with E-state index in [0.717, 1.165) is 19.3 Å². The van der Waals surface area contributed by atoms with E-state index in [2.05, 4.69) is 0 Å². The van der Waals surface area contributed by atoms with E-state index in [1.807, 2.05) is 0 Å². The van der Waals surface area contributed by atoms with Gasteiger partial charge in [0.1, 0.15) is 5.75 Å². The molecule has 0 saturated heterocycles. The summed E-state index contributed by atoms with van der Waals surface area (Å²) in [6, 6.07) is 2.53. The summed E-state index contributed by atoms with van der Waals surface area (Å²) in [7, 11) is -3.71. The summed E-state index contributed by atoms with van der Waals surface area (Å²) in [6.07, 6.45) is -3.35. The Hall–Kier alpha value is -1.44. The third kappa shape index (κ3) is 3.00. The highest BCUT2D eigenvalue weighted by atomic mass is 32.2. The molecule has 1 unspecified atom stereocenters. The minimum absolute atomic E-state index is 0.0679. The molecule has 0 bridgehead atoms. The molecular formula is C15H18F3NO3S. The van der Waals surface area contributed by atoms with Crippen molar-refractivity contribution in [2.45, 2.75) is 61.0 Å². The van der Waals surface area contributed by atoms with Gasteiger partial charge in [0.25, 0.3) is 0 Å². The third-order valence-electron chi connectivity index (χ3n) is 4.51. The van der Waals surface area contributed by atoms with Gasteiger partial charge in [-0.25, -0.2) is 8.42 Å². The van der Waals surface area contributed by atoms with Gasteiger partial charge in [-0.2, -0.15) is 13.2 Å². The van der Waals surface area contributed by atoms with Crippen molar-refractivity contribution in [3.63, 3.8) is 0 Å². The first-order valence-electron chi connectivity index (χ1n) is 7.59. The zero-order valence-corrected chi connectivity index (χ0v) is 13.2. The van der Waals surface area contributed by atoms with Gasteiger partial charge in [-0.3, -0.25) is 0 Å². The Morgan fingerprint density at radius 2 is 1.78 bits per heavy atom. The Bertz CT molecular complexity index is 709. The molecule has 2 aliphatic rings. The largest absolute Gasteiger partial charge is 0.480 e. The summed E-state index contributed by atoms with van der Waals surface area (Å²) in [6.45, 7) is 0. The molecular weight excluding hydrogens is 331 g/mol. The van der Waals surface area contributed by atoms with Crippen LogP contribution in [-0.2, 0) is 16.3 Å². The molecule has 3 rings (SSSR count). The highest BCUT2D eigenvalue weighted by molar-refractivity contribution is 7.92. The summed E-state index contributed by atoms with van der Waals surface area (Å²) < 4.78 is 69.3. The average Bonchev–Trinajstić information content (AvgIpc) is 2.91. The third-order valence-corrected chi connectivity index (χ3v) is 6.84. The highest BCUT2D eigenvalue weighted by Gasteiger charge is 2.47. The fraction of sp³-hybridized carbons (Fsp3) is 0.600. The van der Waals surface area contributed by atoms with Crippen molar-refractivity contribution in [1.82, 2.24) is 0 Å². The molecule has 1 atom stereocenters. The predicted molar refractivity (Wildman–Crippen MR) is 79.1 cm³/mol. The molecule has 8 heteroatoms. The van der Waals surface area contributed by atoms with Gasteiger partial charge in [-0.15, -0.1) is 0 Å². The maximum Gasteiger partial charge on any atom is 0.425 e. The monoisotopic (exact) mass is 349 g/mol. The van der Waals surface area contributed by atoms with Crippen LogP contribution in [0.15, 0.2) is 17.0 Å². The first-order chi connectivity index (χ1) is 10.7. The lowest BCUT2D eigenvalue weighted by Gasteiger charge is -2.23. The molecule has 2 N–H and O–H groups in total. The molecule has 4 nitrogen and oxygen atoms in total. The first kappa shape index (κ1) is 16.4. The topological polar surface area (TPSA) is 69.4 Å². The predicted octanol–water partition coefficient (Wildman–Crippen LogP) is 3.24.